The summed E-state index contributed by atoms with van der Waals surface area (Å²) in [5, 5.41) is 8.02. The van der Waals surface area contributed by atoms with Gasteiger partial charge in [-0.1, -0.05) is 30.3 Å². The molecular weight excluding hydrogens is 456 g/mol. The van der Waals surface area contributed by atoms with Gasteiger partial charge in [0.1, 0.15) is 0 Å². The molecular formula is C27H30N6O3. The highest BCUT2D eigenvalue weighted by Crippen LogP contribution is 2.23. The Kier molecular flexibility index (Phi) is 8.25. The number of rotatable bonds is 7. The molecule has 9 heteroatoms. The highest BCUT2D eigenvalue weighted by Gasteiger charge is 2.27. The molecule has 36 heavy (non-hydrogen) atoms. The second-order valence-electron chi connectivity index (χ2n) is 8.59. The summed E-state index contributed by atoms with van der Waals surface area (Å²) in [6.45, 7) is 5.02. The lowest BCUT2D eigenvalue weighted by molar-refractivity contribution is -0.136. The topological polar surface area (TPSA) is 107 Å². The molecule has 0 unspecified atom stereocenters. The van der Waals surface area contributed by atoms with Crippen LogP contribution >= 0.6 is 0 Å². The van der Waals surface area contributed by atoms with Crippen molar-refractivity contribution in [1.29, 1.82) is 0 Å². The van der Waals surface area contributed by atoms with Gasteiger partial charge in [0.15, 0.2) is 0 Å². The third-order valence-corrected chi connectivity index (χ3v) is 6.05. The van der Waals surface area contributed by atoms with Crippen LogP contribution in [0.15, 0.2) is 79.1 Å². The monoisotopic (exact) mass is 486 g/mol. The Hall–Kier alpha value is -4.24. The number of para-hydroxylation sites is 1. The molecule has 1 saturated heterocycles. The Labute approximate surface area is 210 Å². The van der Waals surface area contributed by atoms with E-state index in [4.69, 9.17) is 0 Å². The average Bonchev–Trinajstić information content (AvgIpc) is 2.90. The molecule has 1 aliphatic rings. The highest BCUT2D eigenvalue weighted by molar-refractivity contribution is 6.39. The van der Waals surface area contributed by atoms with Crippen molar-refractivity contribution in [2.24, 2.45) is 0 Å². The molecule has 186 valence electrons. The van der Waals surface area contributed by atoms with Gasteiger partial charge in [-0.3, -0.25) is 24.3 Å². The van der Waals surface area contributed by atoms with Gasteiger partial charge in [-0.25, -0.2) is 0 Å². The molecule has 4 rings (SSSR count). The summed E-state index contributed by atoms with van der Waals surface area (Å²) < 4.78 is 0. The van der Waals surface area contributed by atoms with E-state index >= 15 is 0 Å². The van der Waals surface area contributed by atoms with Gasteiger partial charge in [0.05, 0.1) is 6.04 Å². The molecule has 3 amide bonds. The van der Waals surface area contributed by atoms with Crippen molar-refractivity contribution in [3.63, 3.8) is 0 Å². The van der Waals surface area contributed by atoms with Gasteiger partial charge in [0.25, 0.3) is 0 Å². The number of hydrogen-bond acceptors (Lipinski definition) is 6. The van der Waals surface area contributed by atoms with Crippen molar-refractivity contribution < 1.29 is 14.4 Å². The molecule has 1 aliphatic heterocycles. The van der Waals surface area contributed by atoms with E-state index in [-0.39, 0.29) is 18.5 Å². The van der Waals surface area contributed by atoms with Gasteiger partial charge < -0.3 is 20.9 Å². The number of aromatic nitrogens is 1. The molecule has 1 atom stereocenters. The van der Waals surface area contributed by atoms with Crippen molar-refractivity contribution in [2.75, 3.05) is 48.3 Å². The lowest BCUT2D eigenvalue weighted by Gasteiger charge is -2.40. The minimum absolute atomic E-state index is 0.114. The third-order valence-electron chi connectivity index (χ3n) is 6.05. The van der Waals surface area contributed by atoms with Gasteiger partial charge in [0.2, 0.25) is 5.91 Å². The van der Waals surface area contributed by atoms with Crippen LogP contribution in [0, 0.1) is 0 Å². The first-order chi connectivity index (χ1) is 17.5. The number of hydrogen-bond donors (Lipinski definition) is 3. The maximum Gasteiger partial charge on any atom is 0.313 e. The second kappa shape index (κ2) is 11.9. The number of anilines is 3. The zero-order valence-electron chi connectivity index (χ0n) is 20.2. The minimum atomic E-state index is -0.770. The fourth-order valence-electron chi connectivity index (χ4n) is 4.30. The summed E-state index contributed by atoms with van der Waals surface area (Å²) in [4.78, 5) is 45.3. The summed E-state index contributed by atoms with van der Waals surface area (Å²) in [5.41, 5.74) is 3.13. The van der Waals surface area contributed by atoms with Crippen LogP contribution in [0.1, 0.15) is 18.5 Å². The molecule has 1 fully saturated rings. The molecule has 0 aliphatic carbocycles. The Bertz CT molecular complexity index is 1180. The third kappa shape index (κ3) is 6.67. The van der Waals surface area contributed by atoms with Gasteiger partial charge in [0, 0.05) is 69.1 Å². The molecule has 1 aromatic heterocycles. The van der Waals surface area contributed by atoms with Crippen LogP contribution in [0.4, 0.5) is 17.1 Å². The van der Waals surface area contributed by atoms with Crippen LogP contribution in [-0.4, -0.2) is 60.3 Å². The van der Waals surface area contributed by atoms with Crippen LogP contribution in [-0.2, 0) is 14.4 Å². The number of amides is 3. The fourth-order valence-corrected chi connectivity index (χ4v) is 4.30. The molecule has 0 radical (unpaired) electrons. The van der Waals surface area contributed by atoms with E-state index in [2.05, 4.69) is 42.9 Å². The zero-order chi connectivity index (χ0) is 25.3. The maximum atomic E-state index is 12.6. The first-order valence-corrected chi connectivity index (χ1v) is 11.9. The fraction of sp³-hybridized carbons (Fsp3) is 0.259. The van der Waals surface area contributed by atoms with Crippen LogP contribution in [0.2, 0.25) is 0 Å². The van der Waals surface area contributed by atoms with E-state index in [1.165, 1.54) is 12.6 Å². The van der Waals surface area contributed by atoms with Crippen LogP contribution in [0.5, 0.6) is 0 Å². The average molecular weight is 487 g/mol. The van der Waals surface area contributed by atoms with Gasteiger partial charge in [-0.2, -0.15) is 0 Å². The van der Waals surface area contributed by atoms with Crippen molar-refractivity contribution in [2.45, 2.75) is 13.0 Å². The van der Waals surface area contributed by atoms with Crippen molar-refractivity contribution in [3.05, 3.63) is 84.7 Å². The minimum Gasteiger partial charge on any atom is -0.369 e. The van der Waals surface area contributed by atoms with Crippen molar-refractivity contribution in [1.82, 2.24) is 15.2 Å². The molecule has 0 bridgehead atoms. The van der Waals surface area contributed by atoms with Crippen molar-refractivity contribution >= 4 is 34.8 Å². The SMILES string of the molecule is CC(=O)Nc1cccc(NC(=O)C(=O)NC[C@@H](c2cccnc2)N2CCN(c3ccccc3)CC2)c1. The van der Waals surface area contributed by atoms with Gasteiger partial charge >= 0.3 is 11.8 Å². The maximum absolute atomic E-state index is 12.6. The van der Waals surface area contributed by atoms with E-state index in [0.717, 1.165) is 31.7 Å². The summed E-state index contributed by atoms with van der Waals surface area (Å²) in [6, 6.07) is 20.7. The lowest BCUT2D eigenvalue weighted by Crippen LogP contribution is -2.50. The van der Waals surface area contributed by atoms with E-state index < -0.39 is 11.8 Å². The van der Waals surface area contributed by atoms with E-state index in [0.29, 0.717) is 11.4 Å². The first-order valence-electron chi connectivity index (χ1n) is 11.9. The smallest absolute Gasteiger partial charge is 0.313 e. The summed E-state index contributed by atoms with van der Waals surface area (Å²) in [6.07, 6.45) is 3.52. The number of piperazine rings is 1. The number of nitrogens with zero attached hydrogens (tertiary/aromatic N) is 3. The number of carbonyl (C=O) groups is 3. The van der Waals surface area contributed by atoms with Crippen molar-refractivity contribution in [3.8, 4) is 0 Å². The predicted molar refractivity (Wildman–Crippen MR) is 140 cm³/mol. The Balaban J connectivity index is 1.37. The standard InChI is InChI=1S/C27H30N6O3/c1-20(34)30-22-8-5-9-23(17-22)31-27(36)26(35)29-19-25(21-7-6-12-28-18-21)33-15-13-32(14-16-33)24-10-3-2-4-11-24/h2-12,17-18,25H,13-16,19H2,1H3,(H,29,35)(H,30,34)(H,31,36)/t25-/m0/s1. The van der Waals surface area contributed by atoms with E-state index in [1.54, 1.807) is 36.7 Å². The largest absolute Gasteiger partial charge is 0.369 e. The first kappa shape index (κ1) is 24.9. The molecule has 2 aromatic carbocycles. The highest BCUT2D eigenvalue weighted by atomic mass is 16.2. The number of nitrogens with one attached hydrogen (secondary N) is 3. The molecule has 3 N–H and O–H groups in total. The van der Waals surface area contributed by atoms with E-state index in [1.807, 2.05) is 30.3 Å². The van der Waals surface area contributed by atoms with E-state index in [9.17, 15) is 14.4 Å². The normalized spacial score (nSPS) is 14.5. The molecule has 9 nitrogen and oxygen atoms in total. The van der Waals surface area contributed by atoms with Gasteiger partial charge in [-0.15, -0.1) is 0 Å². The number of pyridine rings is 1. The Morgan fingerprint density at radius 2 is 1.58 bits per heavy atom. The quantitative estimate of drug-likeness (QED) is 0.444. The molecule has 0 saturated carbocycles. The predicted octanol–water partition coefficient (Wildman–Crippen LogP) is 2.66. The number of benzene rings is 2. The van der Waals surface area contributed by atoms with Gasteiger partial charge in [-0.05, 0) is 42.0 Å². The van der Waals surface area contributed by atoms with Crippen LogP contribution in [0.25, 0.3) is 0 Å². The summed E-state index contributed by atoms with van der Waals surface area (Å²) in [5.74, 6) is -1.71. The molecule has 3 aromatic rings. The molecule has 0 spiro atoms. The van der Waals surface area contributed by atoms with Crippen LogP contribution in [0.3, 0.4) is 0 Å². The number of carbonyl (C=O) groups excluding carboxylic acids is 3. The summed E-state index contributed by atoms with van der Waals surface area (Å²) in [7, 11) is 0. The summed E-state index contributed by atoms with van der Waals surface area (Å²) >= 11 is 0. The second-order valence-corrected chi connectivity index (χ2v) is 8.59. The zero-order valence-corrected chi connectivity index (χ0v) is 20.2. The Morgan fingerprint density at radius 1 is 0.861 bits per heavy atom. The lowest BCUT2D eigenvalue weighted by atomic mass is 10.1. The van der Waals surface area contributed by atoms with Crippen LogP contribution < -0.4 is 20.9 Å². The molecule has 2 heterocycles. The Morgan fingerprint density at radius 3 is 2.25 bits per heavy atom.